The third kappa shape index (κ3) is 3.36. The molecule has 1 aliphatic carbocycles. The predicted molar refractivity (Wildman–Crippen MR) is 74.7 cm³/mol. The van der Waals surface area contributed by atoms with Gasteiger partial charge < -0.3 is 10.4 Å². The van der Waals surface area contributed by atoms with E-state index < -0.39 is 4.92 Å². The van der Waals surface area contributed by atoms with Gasteiger partial charge >= 0.3 is 0 Å². The highest BCUT2D eigenvalue weighted by molar-refractivity contribution is 6.33. The summed E-state index contributed by atoms with van der Waals surface area (Å²) in [6, 6.07) is 3.15. The molecule has 0 saturated heterocycles. The number of nitro benzene ring substituents is 1. The second kappa shape index (κ2) is 5.75. The zero-order valence-corrected chi connectivity index (χ0v) is 11.5. The molecule has 0 atom stereocenters. The van der Waals surface area contributed by atoms with Crippen molar-refractivity contribution < 1.29 is 10.0 Å². The monoisotopic (exact) mass is 284 g/mol. The first-order valence-electron chi connectivity index (χ1n) is 6.36. The summed E-state index contributed by atoms with van der Waals surface area (Å²) >= 11 is 6.11. The van der Waals surface area contributed by atoms with Crippen LogP contribution < -0.4 is 5.32 Å². The van der Waals surface area contributed by atoms with Crippen LogP contribution in [0.2, 0.25) is 5.02 Å². The molecular weight excluding hydrogens is 268 g/mol. The van der Waals surface area contributed by atoms with Gasteiger partial charge in [-0.1, -0.05) is 11.6 Å². The Balaban J connectivity index is 2.14. The zero-order chi connectivity index (χ0) is 14.0. The summed E-state index contributed by atoms with van der Waals surface area (Å²) < 4.78 is 0. The van der Waals surface area contributed by atoms with Crippen LogP contribution in [0, 0.1) is 17.0 Å². The second-order valence-electron chi connectivity index (χ2n) is 5.03. The van der Waals surface area contributed by atoms with Gasteiger partial charge in [0.1, 0.15) is 0 Å². The van der Waals surface area contributed by atoms with E-state index in [0.717, 1.165) is 36.9 Å². The Morgan fingerprint density at radius 1 is 1.37 bits per heavy atom. The highest BCUT2D eigenvalue weighted by atomic mass is 35.5. The molecule has 0 aromatic heterocycles. The van der Waals surface area contributed by atoms with E-state index in [4.69, 9.17) is 11.6 Å². The van der Waals surface area contributed by atoms with Crippen molar-refractivity contribution in [2.45, 2.75) is 44.8 Å². The number of hydrogen-bond donors (Lipinski definition) is 2. The summed E-state index contributed by atoms with van der Waals surface area (Å²) in [6.07, 6.45) is 3.12. The fourth-order valence-corrected chi connectivity index (χ4v) is 2.75. The number of rotatable bonds is 3. The number of nitrogens with zero attached hydrogens (tertiary/aromatic N) is 1. The number of nitrogens with one attached hydrogen (secondary N) is 1. The van der Waals surface area contributed by atoms with Crippen molar-refractivity contribution in [3.63, 3.8) is 0 Å². The maximum absolute atomic E-state index is 10.7. The van der Waals surface area contributed by atoms with E-state index in [0.29, 0.717) is 5.02 Å². The number of nitro groups is 1. The lowest BCUT2D eigenvalue weighted by atomic mass is 9.93. The molecule has 0 heterocycles. The summed E-state index contributed by atoms with van der Waals surface area (Å²) in [7, 11) is 0. The van der Waals surface area contributed by atoms with Gasteiger partial charge in [0.15, 0.2) is 0 Å². The number of aliphatic hydroxyl groups excluding tert-OH is 1. The van der Waals surface area contributed by atoms with Crippen LogP contribution in [-0.4, -0.2) is 22.2 Å². The lowest BCUT2D eigenvalue weighted by Crippen LogP contribution is -2.28. The molecule has 1 fully saturated rings. The molecule has 19 heavy (non-hydrogen) atoms. The molecule has 5 nitrogen and oxygen atoms in total. The highest BCUT2D eigenvalue weighted by Gasteiger charge is 2.21. The van der Waals surface area contributed by atoms with Crippen LogP contribution in [0.5, 0.6) is 0 Å². The van der Waals surface area contributed by atoms with E-state index in [2.05, 4.69) is 5.32 Å². The number of anilines is 1. The van der Waals surface area contributed by atoms with Crippen LogP contribution in [0.15, 0.2) is 12.1 Å². The summed E-state index contributed by atoms with van der Waals surface area (Å²) in [6.45, 7) is 1.80. The maximum Gasteiger partial charge on any atom is 0.271 e. The lowest BCUT2D eigenvalue weighted by Gasteiger charge is -2.28. The van der Waals surface area contributed by atoms with Crippen molar-refractivity contribution >= 4 is 23.0 Å². The number of hydrogen-bond acceptors (Lipinski definition) is 4. The minimum Gasteiger partial charge on any atom is -0.393 e. The molecule has 1 saturated carbocycles. The minimum absolute atomic E-state index is 0.00659. The van der Waals surface area contributed by atoms with Gasteiger partial charge in [0.2, 0.25) is 0 Å². The fraction of sp³-hybridized carbons (Fsp3) is 0.538. The van der Waals surface area contributed by atoms with Crippen LogP contribution in [0.4, 0.5) is 11.4 Å². The van der Waals surface area contributed by atoms with Gasteiger partial charge in [-0.25, -0.2) is 0 Å². The summed E-state index contributed by atoms with van der Waals surface area (Å²) in [4.78, 5) is 10.3. The normalized spacial score (nSPS) is 23.1. The highest BCUT2D eigenvalue weighted by Crippen LogP contribution is 2.33. The van der Waals surface area contributed by atoms with Gasteiger partial charge in [-0.3, -0.25) is 10.1 Å². The summed E-state index contributed by atoms with van der Waals surface area (Å²) in [5.41, 5.74) is 1.53. The topological polar surface area (TPSA) is 75.4 Å². The Kier molecular flexibility index (Phi) is 4.27. The second-order valence-corrected chi connectivity index (χ2v) is 5.43. The average Bonchev–Trinajstić information content (AvgIpc) is 2.35. The first kappa shape index (κ1) is 14.1. The predicted octanol–water partition coefficient (Wildman–Crippen LogP) is 3.27. The SMILES string of the molecule is Cc1cc([N+](=O)[O-])cc(Cl)c1NC1CCC(O)CC1. The molecular formula is C13H17ClN2O3. The van der Waals surface area contributed by atoms with Crippen molar-refractivity contribution in [1.82, 2.24) is 0 Å². The Labute approximate surface area is 116 Å². The van der Waals surface area contributed by atoms with E-state index in [-0.39, 0.29) is 17.8 Å². The number of non-ortho nitro benzene ring substituents is 1. The fourth-order valence-electron chi connectivity index (χ4n) is 2.44. The Bertz CT molecular complexity index is 462. The van der Waals surface area contributed by atoms with Crippen LogP contribution >= 0.6 is 11.6 Å². The summed E-state index contributed by atoms with van der Waals surface area (Å²) in [5, 5.41) is 23.9. The maximum atomic E-state index is 10.7. The van der Waals surface area contributed by atoms with Gasteiger partial charge in [0.25, 0.3) is 5.69 Å². The molecule has 0 radical (unpaired) electrons. The number of halogens is 1. The average molecular weight is 285 g/mol. The Morgan fingerprint density at radius 2 is 2.00 bits per heavy atom. The van der Waals surface area contributed by atoms with E-state index in [9.17, 15) is 15.2 Å². The van der Waals surface area contributed by atoms with E-state index >= 15 is 0 Å². The molecule has 0 aliphatic heterocycles. The third-order valence-corrected chi connectivity index (χ3v) is 3.83. The molecule has 2 rings (SSSR count). The molecule has 6 heteroatoms. The first-order chi connectivity index (χ1) is 8.97. The quantitative estimate of drug-likeness (QED) is 0.660. The Morgan fingerprint density at radius 3 is 2.53 bits per heavy atom. The van der Waals surface area contributed by atoms with Crippen LogP contribution in [0.3, 0.4) is 0 Å². The van der Waals surface area contributed by atoms with Gasteiger partial charge in [-0.2, -0.15) is 0 Å². The largest absolute Gasteiger partial charge is 0.393 e. The number of aryl methyl sites for hydroxylation is 1. The van der Waals surface area contributed by atoms with Gasteiger partial charge in [-0.15, -0.1) is 0 Å². The van der Waals surface area contributed by atoms with Gasteiger partial charge in [0.05, 0.1) is 21.7 Å². The zero-order valence-electron chi connectivity index (χ0n) is 10.7. The molecule has 0 spiro atoms. The van der Waals surface area contributed by atoms with E-state index in [1.807, 2.05) is 0 Å². The molecule has 1 aromatic carbocycles. The summed E-state index contributed by atoms with van der Waals surface area (Å²) in [5.74, 6) is 0. The van der Waals surface area contributed by atoms with Gasteiger partial charge in [0, 0.05) is 18.2 Å². The van der Waals surface area contributed by atoms with E-state index in [1.54, 1.807) is 6.92 Å². The minimum atomic E-state index is -0.445. The molecule has 1 aliphatic rings. The van der Waals surface area contributed by atoms with Crippen molar-refractivity contribution in [1.29, 1.82) is 0 Å². The van der Waals surface area contributed by atoms with E-state index in [1.165, 1.54) is 12.1 Å². The van der Waals surface area contributed by atoms with Crippen molar-refractivity contribution in [2.75, 3.05) is 5.32 Å². The first-order valence-corrected chi connectivity index (χ1v) is 6.74. The molecule has 104 valence electrons. The van der Waals surface area contributed by atoms with Crippen molar-refractivity contribution in [3.8, 4) is 0 Å². The molecule has 2 N–H and O–H groups in total. The molecule has 0 unspecified atom stereocenters. The van der Waals surface area contributed by atoms with Crippen molar-refractivity contribution in [2.24, 2.45) is 0 Å². The smallest absolute Gasteiger partial charge is 0.271 e. The lowest BCUT2D eigenvalue weighted by molar-refractivity contribution is -0.384. The molecule has 0 amide bonds. The Hall–Kier alpha value is -1.33. The molecule has 1 aromatic rings. The third-order valence-electron chi connectivity index (χ3n) is 3.53. The molecule has 0 bridgehead atoms. The number of aliphatic hydroxyl groups is 1. The van der Waals surface area contributed by atoms with Crippen LogP contribution in [-0.2, 0) is 0 Å². The van der Waals surface area contributed by atoms with Gasteiger partial charge in [-0.05, 0) is 38.2 Å². The standard InChI is InChI=1S/C13H17ClN2O3/c1-8-6-10(16(18)19)7-12(14)13(8)15-9-2-4-11(17)5-3-9/h6-7,9,11,15,17H,2-5H2,1H3. The van der Waals surface area contributed by atoms with Crippen molar-refractivity contribution in [3.05, 3.63) is 32.8 Å². The van der Waals surface area contributed by atoms with Crippen LogP contribution in [0.25, 0.3) is 0 Å². The van der Waals surface area contributed by atoms with Crippen LogP contribution in [0.1, 0.15) is 31.2 Å². The number of benzene rings is 1.